The van der Waals surface area contributed by atoms with Crippen molar-refractivity contribution < 1.29 is 40.2 Å². The molecule has 22 heavy (non-hydrogen) atoms. The second-order valence-electron chi connectivity index (χ2n) is 4.07. The van der Waals surface area contributed by atoms with Gasteiger partial charge in [-0.05, 0) is 20.3 Å². The molecule has 0 fully saturated rings. The maximum atomic E-state index is 9.00. The molecule has 0 aliphatic rings. The predicted octanol–water partition coefficient (Wildman–Crippen LogP) is -0.149. The quantitative estimate of drug-likeness (QED) is 0.416. The molecule has 8 nitrogen and oxygen atoms in total. The Balaban J connectivity index is -0.0000000554. The van der Waals surface area contributed by atoms with Crippen LogP contribution in [0.3, 0.4) is 0 Å². The Bertz CT molecular complexity index is 149. The first kappa shape index (κ1) is 33.0. The summed E-state index contributed by atoms with van der Waals surface area (Å²) in [6.45, 7) is 6.26. The number of aliphatic hydroxyl groups is 5. The first-order valence-electron chi connectivity index (χ1n) is 6.89. The van der Waals surface area contributed by atoms with Crippen LogP contribution < -0.4 is 0 Å². The van der Waals surface area contributed by atoms with Gasteiger partial charge in [-0.15, -0.1) is 0 Å². The number of hydrogen-bond acceptors (Lipinski definition) is 7. The van der Waals surface area contributed by atoms with E-state index in [2.05, 4.69) is 11.7 Å². The number of hydrogen-bond donors (Lipinski definition) is 6. The van der Waals surface area contributed by atoms with Crippen molar-refractivity contribution in [2.24, 2.45) is 0 Å². The lowest BCUT2D eigenvalue weighted by molar-refractivity contribution is -0.134. The van der Waals surface area contributed by atoms with Crippen molar-refractivity contribution in [3.8, 4) is 0 Å². The molecule has 0 rings (SSSR count). The fourth-order valence-electron chi connectivity index (χ4n) is 0.158. The Morgan fingerprint density at radius 2 is 1.18 bits per heavy atom. The molecule has 2 atom stereocenters. The van der Waals surface area contributed by atoms with E-state index >= 15 is 0 Å². The van der Waals surface area contributed by atoms with Crippen molar-refractivity contribution in [3.05, 3.63) is 0 Å². The van der Waals surface area contributed by atoms with E-state index in [0.29, 0.717) is 6.61 Å². The molecule has 0 spiro atoms. The summed E-state index contributed by atoms with van der Waals surface area (Å²) in [4.78, 5) is 9.00. The van der Waals surface area contributed by atoms with Gasteiger partial charge < -0.3 is 35.4 Å². The number of carboxylic acid groups (broad SMARTS) is 1. The van der Waals surface area contributed by atoms with Crippen molar-refractivity contribution in [1.82, 2.24) is 0 Å². The van der Waals surface area contributed by atoms with Crippen molar-refractivity contribution in [2.75, 3.05) is 34.0 Å². The molecule has 0 aliphatic heterocycles. The maximum absolute atomic E-state index is 9.00. The fraction of sp³-hybridized carbons (Fsp3) is 0.929. The molecule has 0 amide bonds. The van der Waals surface area contributed by atoms with E-state index in [1.165, 1.54) is 13.8 Å². The molecule has 0 radical (unpaired) electrons. The molecule has 2 unspecified atom stereocenters. The van der Waals surface area contributed by atoms with Crippen LogP contribution in [0.5, 0.6) is 0 Å². The zero-order valence-corrected chi connectivity index (χ0v) is 14.7. The summed E-state index contributed by atoms with van der Waals surface area (Å²) in [7, 11) is 3.25. The molecule has 8 heteroatoms. The van der Waals surface area contributed by atoms with Gasteiger partial charge in [0.05, 0.1) is 25.4 Å². The van der Waals surface area contributed by atoms with E-state index < -0.39 is 18.2 Å². The van der Waals surface area contributed by atoms with Gasteiger partial charge in [-0.1, -0.05) is 13.3 Å². The second kappa shape index (κ2) is 36.9. The summed E-state index contributed by atoms with van der Waals surface area (Å²) < 4.78 is 4.25. The molecule has 0 aromatic carbocycles. The van der Waals surface area contributed by atoms with E-state index in [1.54, 1.807) is 14.2 Å². The van der Waals surface area contributed by atoms with Crippen molar-refractivity contribution in [2.45, 2.75) is 52.7 Å². The smallest absolute Gasteiger partial charge is 0.300 e. The molecule has 0 bridgehead atoms. The molecule has 0 aromatic rings. The van der Waals surface area contributed by atoms with Crippen molar-refractivity contribution in [3.63, 3.8) is 0 Å². The van der Waals surface area contributed by atoms with E-state index in [9.17, 15) is 0 Å². The summed E-state index contributed by atoms with van der Waals surface area (Å²) in [6.07, 6.45) is 0.918. The van der Waals surface area contributed by atoms with Gasteiger partial charge in [0.2, 0.25) is 0 Å². The molecule has 0 saturated carbocycles. The number of rotatable bonds is 4. The molecule has 0 aliphatic carbocycles. The summed E-state index contributed by atoms with van der Waals surface area (Å²) in [5.41, 5.74) is 0. The van der Waals surface area contributed by atoms with Gasteiger partial charge in [0.15, 0.2) is 0 Å². The van der Waals surface area contributed by atoms with E-state index in [4.69, 9.17) is 35.4 Å². The van der Waals surface area contributed by atoms with E-state index in [1.807, 2.05) is 0 Å². The van der Waals surface area contributed by atoms with Crippen LogP contribution in [0, 0.1) is 0 Å². The van der Waals surface area contributed by atoms with Crippen LogP contribution in [-0.2, 0) is 9.53 Å². The first-order chi connectivity index (χ1) is 10.1. The minimum atomic E-state index is -0.833. The molecule has 0 aromatic heterocycles. The standard InChI is InChI=1S/C4H10O.2C3H8O2.C2H4O2.C2H6O/c1-2-3-4-5;2*1-3(5)2-4;1-2(3)4;1-3-2/h5H,2-4H2,1H3;2*3-5H,2H2,1H3;1H3,(H,3,4);1-2H3. The third kappa shape index (κ3) is 234. The molecule has 140 valence electrons. The zero-order chi connectivity index (χ0) is 19.0. The number of aliphatic hydroxyl groups excluding tert-OH is 5. The molecule has 0 saturated heterocycles. The lowest BCUT2D eigenvalue weighted by Crippen LogP contribution is -2.03. The minimum Gasteiger partial charge on any atom is -0.481 e. The molecular formula is C14H36O8. The Labute approximate surface area is 134 Å². The van der Waals surface area contributed by atoms with E-state index in [-0.39, 0.29) is 13.2 Å². The number of ether oxygens (including phenoxy) is 1. The topological polar surface area (TPSA) is 148 Å². The van der Waals surface area contributed by atoms with E-state index in [0.717, 1.165) is 19.8 Å². The van der Waals surface area contributed by atoms with Crippen LogP contribution in [0.1, 0.15) is 40.5 Å². The summed E-state index contributed by atoms with van der Waals surface area (Å²) in [5.74, 6) is -0.833. The maximum Gasteiger partial charge on any atom is 0.300 e. The number of carboxylic acids is 1. The lowest BCUT2D eigenvalue weighted by Gasteiger charge is -1.90. The Morgan fingerprint density at radius 3 is 1.18 bits per heavy atom. The van der Waals surface area contributed by atoms with Crippen molar-refractivity contribution in [1.29, 1.82) is 0 Å². The molecule has 6 N–H and O–H groups in total. The van der Waals surface area contributed by atoms with Gasteiger partial charge in [0.1, 0.15) is 0 Å². The summed E-state index contributed by atoms with van der Waals surface area (Å²) in [6, 6.07) is 0. The Kier molecular flexibility index (Phi) is 55.4. The highest BCUT2D eigenvalue weighted by atomic mass is 16.4. The van der Waals surface area contributed by atoms with Crippen LogP contribution in [0.4, 0.5) is 0 Å². The van der Waals surface area contributed by atoms with Gasteiger partial charge in [-0.25, -0.2) is 0 Å². The zero-order valence-electron chi connectivity index (χ0n) is 14.7. The molecular weight excluding hydrogens is 296 g/mol. The SMILES string of the molecule is CC(=O)O.CC(O)CO.CC(O)CO.CCCCO.COC. The lowest BCUT2D eigenvalue weighted by atomic mass is 10.4. The van der Waals surface area contributed by atoms with Crippen LogP contribution in [0.15, 0.2) is 0 Å². The average molecular weight is 332 g/mol. The van der Waals surface area contributed by atoms with Crippen molar-refractivity contribution >= 4 is 5.97 Å². The van der Waals surface area contributed by atoms with Crippen LogP contribution in [0.25, 0.3) is 0 Å². The summed E-state index contributed by atoms with van der Waals surface area (Å²) >= 11 is 0. The fourth-order valence-corrected chi connectivity index (χ4v) is 0.158. The first-order valence-corrected chi connectivity index (χ1v) is 6.89. The highest BCUT2D eigenvalue weighted by Crippen LogP contribution is 1.78. The highest BCUT2D eigenvalue weighted by Gasteiger charge is 1.83. The normalized spacial score (nSPS) is 10.7. The average Bonchev–Trinajstić information content (AvgIpc) is 2.41. The largest absolute Gasteiger partial charge is 0.481 e. The Hall–Kier alpha value is -0.770. The second-order valence-corrected chi connectivity index (χ2v) is 4.07. The van der Waals surface area contributed by atoms with Gasteiger partial charge in [-0.2, -0.15) is 0 Å². The third-order valence-electron chi connectivity index (χ3n) is 1.04. The Morgan fingerprint density at radius 1 is 1.00 bits per heavy atom. The van der Waals surface area contributed by atoms with Gasteiger partial charge in [0.25, 0.3) is 5.97 Å². The third-order valence-corrected chi connectivity index (χ3v) is 1.04. The monoisotopic (exact) mass is 332 g/mol. The van der Waals surface area contributed by atoms with Gasteiger partial charge in [0, 0.05) is 27.8 Å². The summed E-state index contributed by atoms with van der Waals surface area (Å²) in [5, 5.41) is 47.5. The number of aliphatic carboxylic acids is 1. The minimum absolute atomic E-state index is 0.139. The van der Waals surface area contributed by atoms with Gasteiger partial charge >= 0.3 is 0 Å². The highest BCUT2D eigenvalue weighted by molar-refractivity contribution is 5.62. The van der Waals surface area contributed by atoms with Crippen LogP contribution >= 0.6 is 0 Å². The van der Waals surface area contributed by atoms with Crippen LogP contribution in [-0.4, -0.2) is 82.9 Å². The number of carbonyl (C=O) groups is 1. The predicted molar refractivity (Wildman–Crippen MR) is 85.8 cm³/mol. The van der Waals surface area contributed by atoms with Crippen LogP contribution in [0.2, 0.25) is 0 Å². The molecule has 0 heterocycles. The number of methoxy groups -OCH3 is 1. The number of unbranched alkanes of at least 4 members (excludes halogenated alkanes) is 1. The van der Waals surface area contributed by atoms with Gasteiger partial charge in [-0.3, -0.25) is 4.79 Å².